The van der Waals surface area contributed by atoms with Gasteiger partial charge in [0.05, 0.1) is 6.61 Å². The van der Waals surface area contributed by atoms with Gasteiger partial charge in [-0.3, -0.25) is 0 Å². The van der Waals surface area contributed by atoms with E-state index in [1.54, 1.807) is 0 Å². The fourth-order valence-electron chi connectivity index (χ4n) is 6.44. The van der Waals surface area contributed by atoms with E-state index in [0.717, 1.165) is 33.1 Å². The Hall–Kier alpha value is -1.91. The van der Waals surface area contributed by atoms with E-state index in [1.165, 1.54) is 30.4 Å². The van der Waals surface area contributed by atoms with Gasteiger partial charge >= 0.3 is 11.9 Å². The van der Waals surface area contributed by atoms with Gasteiger partial charge in [-0.1, -0.05) is 29.8 Å². The van der Waals surface area contributed by atoms with Crippen LogP contribution in [0.4, 0.5) is 4.39 Å². The first-order valence-electron chi connectivity index (χ1n) is 10.7. The van der Waals surface area contributed by atoms with Crippen molar-refractivity contribution in [2.45, 2.75) is 70.4 Å². The highest BCUT2D eigenvalue weighted by atomic mass is 19.1. The van der Waals surface area contributed by atoms with Crippen molar-refractivity contribution in [2.75, 3.05) is 13.2 Å². The van der Waals surface area contributed by atoms with Crippen molar-refractivity contribution < 1.29 is 23.5 Å². The number of alkyl halides is 1. The molecule has 4 bridgehead atoms. The summed E-state index contributed by atoms with van der Waals surface area (Å²) in [7, 11) is 0. The molecule has 0 radical (unpaired) electrons. The summed E-state index contributed by atoms with van der Waals surface area (Å²) in [6.07, 6.45) is 6.98. The van der Waals surface area contributed by atoms with Gasteiger partial charge in [0.1, 0.15) is 0 Å². The van der Waals surface area contributed by atoms with Gasteiger partial charge in [0.25, 0.3) is 0 Å². The lowest BCUT2D eigenvalue weighted by Gasteiger charge is -2.62. The van der Waals surface area contributed by atoms with Crippen LogP contribution in [0.15, 0.2) is 24.3 Å². The van der Waals surface area contributed by atoms with Crippen LogP contribution < -0.4 is 0 Å². The Morgan fingerprint density at radius 3 is 2.28 bits per heavy atom. The van der Waals surface area contributed by atoms with Crippen LogP contribution in [-0.4, -0.2) is 30.8 Å². The summed E-state index contributed by atoms with van der Waals surface area (Å²) in [5.74, 6) is -0.270. The zero-order valence-electron chi connectivity index (χ0n) is 17.6. The molecule has 0 spiro atoms. The largest absolute Gasteiger partial charge is 0.463 e. The third-order valence-electron chi connectivity index (χ3n) is 7.19. The minimum absolute atomic E-state index is 0.00794. The molecule has 4 nitrogen and oxygen atoms in total. The van der Waals surface area contributed by atoms with Crippen molar-refractivity contribution in [3.05, 3.63) is 35.4 Å². The molecule has 1 aromatic rings. The maximum atomic E-state index is 13.5. The van der Waals surface area contributed by atoms with Gasteiger partial charge in [0.2, 0.25) is 5.67 Å². The molecule has 5 rings (SSSR count). The Kier molecular flexibility index (Phi) is 4.99. The molecule has 0 amide bonds. The highest BCUT2D eigenvalue weighted by Crippen LogP contribution is 2.65. The Labute approximate surface area is 172 Å². The minimum atomic E-state index is -2.11. The van der Waals surface area contributed by atoms with Crippen molar-refractivity contribution in [2.24, 2.45) is 17.3 Å². The monoisotopic (exact) mass is 402 g/mol. The molecule has 4 aliphatic carbocycles. The Balaban J connectivity index is 1.42. The minimum Gasteiger partial charge on any atom is -0.463 e. The third-order valence-corrected chi connectivity index (χ3v) is 7.19. The molecule has 4 fully saturated rings. The average molecular weight is 403 g/mol. The number of benzene rings is 1. The molecule has 1 aromatic carbocycles. The summed E-state index contributed by atoms with van der Waals surface area (Å²) in [6, 6.07) is 8.95. The average Bonchev–Trinajstić information content (AvgIpc) is 2.63. The molecule has 0 saturated heterocycles. The molecule has 29 heavy (non-hydrogen) atoms. The molecule has 0 aliphatic heterocycles. The van der Waals surface area contributed by atoms with Crippen LogP contribution in [0.25, 0.3) is 0 Å². The number of hydrogen-bond acceptors (Lipinski definition) is 4. The van der Waals surface area contributed by atoms with Gasteiger partial charge in [0, 0.05) is 5.41 Å². The predicted molar refractivity (Wildman–Crippen MR) is 107 cm³/mol. The number of carbonyl (C=O) groups excluding carboxylic acids is 2. The summed E-state index contributed by atoms with van der Waals surface area (Å²) >= 11 is 0. The second-order valence-corrected chi connectivity index (χ2v) is 10.3. The molecule has 4 saturated carbocycles. The lowest BCUT2D eigenvalue weighted by atomic mass is 9.43. The zero-order valence-corrected chi connectivity index (χ0v) is 17.6. The molecule has 4 aliphatic rings. The first kappa shape index (κ1) is 20.4. The molecular formula is C24H31FO4. The fourth-order valence-corrected chi connectivity index (χ4v) is 6.44. The maximum Gasteiger partial charge on any atom is 0.344 e. The zero-order chi connectivity index (χ0) is 20.9. The van der Waals surface area contributed by atoms with Crippen LogP contribution in [0.3, 0.4) is 0 Å². The lowest BCUT2D eigenvalue weighted by molar-refractivity contribution is -0.171. The van der Waals surface area contributed by atoms with Gasteiger partial charge < -0.3 is 9.47 Å². The van der Waals surface area contributed by atoms with E-state index in [-0.39, 0.29) is 10.8 Å². The molecule has 0 aromatic heterocycles. The van der Waals surface area contributed by atoms with Crippen LogP contribution in [0.2, 0.25) is 0 Å². The molecule has 2 unspecified atom stereocenters. The number of rotatable bonds is 6. The number of esters is 2. The van der Waals surface area contributed by atoms with Gasteiger partial charge in [0.15, 0.2) is 6.61 Å². The quantitative estimate of drug-likeness (QED) is 0.649. The van der Waals surface area contributed by atoms with E-state index in [1.807, 2.05) is 0 Å². The summed E-state index contributed by atoms with van der Waals surface area (Å²) in [5.41, 5.74) is 0.781. The highest BCUT2D eigenvalue weighted by Gasteiger charge is 2.58. The topological polar surface area (TPSA) is 52.6 Å². The number of carbonyl (C=O) groups is 2. The van der Waals surface area contributed by atoms with Gasteiger partial charge in [-0.15, -0.1) is 0 Å². The molecule has 0 N–H and O–H groups in total. The van der Waals surface area contributed by atoms with Crippen molar-refractivity contribution in [1.29, 1.82) is 0 Å². The van der Waals surface area contributed by atoms with Gasteiger partial charge in [-0.05, 0) is 82.1 Å². The Bertz CT molecular complexity index is 778. The standard InChI is InChI=1S/C24H31FO4/c1-16-4-6-19(7-5-16)24-11-17-8-18(12-24)10-23(9-17,14-24)15-29-20(26)13-28-21(27)22(2,3)25/h4-7,17-18H,8-15H2,1-3H3. The predicted octanol–water partition coefficient (Wildman–Crippen LogP) is 4.67. The summed E-state index contributed by atoms with van der Waals surface area (Å²) in [5, 5.41) is 0. The van der Waals surface area contributed by atoms with E-state index in [9.17, 15) is 14.0 Å². The molecular weight excluding hydrogens is 371 g/mol. The van der Waals surface area contributed by atoms with Crippen molar-refractivity contribution >= 4 is 11.9 Å². The van der Waals surface area contributed by atoms with Gasteiger partial charge in [-0.25, -0.2) is 14.0 Å². The van der Waals surface area contributed by atoms with E-state index in [0.29, 0.717) is 18.4 Å². The number of aryl methyl sites for hydroxylation is 1. The van der Waals surface area contributed by atoms with Gasteiger partial charge in [-0.2, -0.15) is 0 Å². The number of hydrogen-bond donors (Lipinski definition) is 0. The first-order chi connectivity index (χ1) is 13.6. The Morgan fingerprint density at radius 1 is 1.07 bits per heavy atom. The third kappa shape index (κ3) is 4.06. The van der Waals surface area contributed by atoms with Crippen molar-refractivity contribution in [3.8, 4) is 0 Å². The second kappa shape index (κ2) is 7.10. The number of halogens is 1. The SMILES string of the molecule is Cc1ccc(C23CC4CC(CC(COC(=O)COC(=O)C(C)(C)F)(C4)C2)C3)cc1. The summed E-state index contributed by atoms with van der Waals surface area (Å²) in [6.45, 7) is 4.17. The molecule has 5 heteroatoms. The summed E-state index contributed by atoms with van der Waals surface area (Å²) in [4.78, 5) is 23.6. The van der Waals surface area contributed by atoms with Crippen LogP contribution in [-0.2, 0) is 24.5 Å². The van der Waals surface area contributed by atoms with E-state index in [2.05, 4.69) is 31.2 Å². The van der Waals surface area contributed by atoms with E-state index in [4.69, 9.17) is 9.47 Å². The second-order valence-electron chi connectivity index (χ2n) is 10.3. The number of ether oxygens (including phenoxy) is 2. The Morgan fingerprint density at radius 2 is 1.69 bits per heavy atom. The highest BCUT2D eigenvalue weighted by molar-refractivity contribution is 5.81. The van der Waals surface area contributed by atoms with Crippen LogP contribution in [0, 0.1) is 24.2 Å². The van der Waals surface area contributed by atoms with Crippen LogP contribution >= 0.6 is 0 Å². The van der Waals surface area contributed by atoms with Crippen LogP contribution in [0.5, 0.6) is 0 Å². The smallest absolute Gasteiger partial charge is 0.344 e. The molecule has 158 valence electrons. The van der Waals surface area contributed by atoms with E-state index < -0.39 is 24.2 Å². The van der Waals surface area contributed by atoms with Crippen molar-refractivity contribution in [3.63, 3.8) is 0 Å². The fraction of sp³-hybridized carbons (Fsp3) is 0.667. The van der Waals surface area contributed by atoms with Crippen molar-refractivity contribution in [1.82, 2.24) is 0 Å². The summed E-state index contributed by atoms with van der Waals surface area (Å²) < 4.78 is 23.8. The first-order valence-corrected chi connectivity index (χ1v) is 10.7. The normalized spacial score (nSPS) is 32.8. The van der Waals surface area contributed by atoms with Crippen LogP contribution in [0.1, 0.15) is 63.5 Å². The van der Waals surface area contributed by atoms with E-state index >= 15 is 0 Å². The maximum absolute atomic E-state index is 13.5. The lowest BCUT2D eigenvalue weighted by Crippen LogP contribution is -2.55. The molecule has 2 atom stereocenters. The molecule has 0 heterocycles.